The van der Waals surface area contributed by atoms with E-state index in [0.29, 0.717) is 23.2 Å². The summed E-state index contributed by atoms with van der Waals surface area (Å²) in [5.74, 6) is -1.26. The highest BCUT2D eigenvalue weighted by Crippen LogP contribution is 2.33. The lowest BCUT2D eigenvalue weighted by Gasteiger charge is -2.33. The number of anilines is 1. The summed E-state index contributed by atoms with van der Waals surface area (Å²) in [6.45, 7) is 3.47. The number of esters is 1. The van der Waals surface area contributed by atoms with Gasteiger partial charge in [0.05, 0.1) is 28.7 Å². The van der Waals surface area contributed by atoms with E-state index in [1.54, 1.807) is 26.0 Å². The summed E-state index contributed by atoms with van der Waals surface area (Å²) in [6.07, 6.45) is -3.97. The number of piperidine rings is 1. The molecule has 2 aromatic rings. The first-order chi connectivity index (χ1) is 16.4. The van der Waals surface area contributed by atoms with Crippen LogP contribution in [0.15, 0.2) is 53.4 Å². The number of alkyl halides is 3. The molecule has 1 heterocycles. The lowest BCUT2D eigenvalue weighted by Crippen LogP contribution is -2.46. The van der Waals surface area contributed by atoms with Crippen LogP contribution in [0.1, 0.15) is 30.9 Å². The number of likely N-dealkylation sites (tertiary alicyclic amines) is 1. The van der Waals surface area contributed by atoms with Crippen LogP contribution in [-0.2, 0) is 30.5 Å². The highest BCUT2D eigenvalue weighted by molar-refractivity contribution is 7.92. The zero-order chi connectivity index (χ0) is 25.8. The molecular formula is C24H27F3N2O5S. The molecule has 0 atom stereocenters. The lowest BCUT2D eigenvalue weighted by molar-refractivity contribution is -0.151. The molecule has 0 saturated carbocycles. The minimum atomic E-state index is -4.69. The van der Waals surface area contributed by atoms with Gasteiger partial charge in [-0.1, -0.05) is 23.8 Å². The molecule has 2 aromatic carbocycles. The highest BCUT2D eigenvalue weighted by Gasteiger charge is 2.35. The fraction of sp³-hybridized carbons (Fsp3) is 0.417. The van der Waals surface area contributed by atoms with Crippen LogP contribution in [0.4, 0.5) is 18.9 Å². The Bertz CT molecular complexity index is 1160. The molecule has 0 aromatic heterocycles. The summed E-state index contributed by atoms with van der Waals surface area (Å²) >= 11 is 0. The molecule has 1 saturated heterocycles. The molecule has 7 nitrogen and oxygen atoms in total. The van der Waals surface area contributed by atoms with Crippen LogP contribution in [0.5, 0.6) is 0 Å². The van der Waals surface area contributed by atoms with E-state index in [1.807, 2.05) is 0 Å². The Morgan fingerprint density at radius 3 is 2.29 bits per heavy atom. The van der Waals surface area contributed by atoms with Crippen molar-refractivity contribution in [2.45, 2.75) is 37.8 Å². The minimum Gasteiger partial charge on any atom is -0.466 e. The van der Waals surface area contributed by atoms with Gasteiger partial charge < -0.3 is 9.64 Å². The van der Waals surface area contributed by atoms with Gasteiger partial charge in [0.2, 0.25) is 5.91 Å². The Kier molecular flexibility index (Phi) is 8.09. The van der Waals surface area contributed by atoms with Crippen LogP contribution in [0.2, 0.25) is 0 Å². The Labute approximate surface area is 202 Å². The molecule has 0 unspecified atom stereocenters. The largest absolute Gasteiger partial charge is 0.466 e. The summed E-state index contributed by atoms with van der Waals surface area (Å²) in [4.78, 5) is 26.3. The Hall–Kier alpha value is -3.08. The van der Waals surface area contributed by atoms with Crippen molar-refractivity contribution in [3.8, 4) is 0 Å². The SMILES string of the molecule is CCOC(=O)C1CCN(C(=O)CN(c2cccc(C(F)(F)F)c2)S(=O)(=O)c2ccc(C)cc2)CC1. The monoisotopic (exact) mass is 512 g/mol. The average Bonchev–Trinajstić information content (AvgIpc) is 2.82. The van der Waals surface area contributed by atoms with E-state index < -0.39 is 34.2 Å². The first-order valence-electron chi connectivity index (χ1n) is 11.1. The molecule has 0 spiro atoms. The van der Waals surface area contributed by atoms with Gasteiger partial charge in [-0.3, -0.25) is 13.9 Å². The zero-order valence-electron chi connectivity index (χ0n) is 19.4. The number of benzene rings is 2. The maximum atomic E-state index is 13.4. The Morgan fingerprint density at radius 2 is 1.71 bits per heavy atom. The first-order valence-corrected chi connectivity index (χ1v) is 12.6. The van der Waals surface area contributed by atoms with Crippen LogP contribution in [-0.4, -0.2) is 51.4 Å². The second-order valence-electron chi connectivity index (χ2n) is 8.28. The van der Waals surface area contributed by atoms with Gasteiger partial charge in [-0.25, -0.2) is 8.42 Å². The van der Waals surface area contributed by atoms with Gasteiger partial charge in [0.15, 0.2) is 0 Å². The molecule has 35 heavy (non-hydrogen) atoms. The third kappa shape index (κ3) is 6.33. The standard InChI is InChI=1S/C24H27F3N2O5S/c1-3-34-23(31)18-11-13-28(14-12-18)22(30)16-29(20-6-4-5-19(15-20)24(25,26)27)35(32,33)21-9-7-17(2)8-10-21/h4-10,15,18H,3,11-14,16H2,1-2H3. The maximum absolute atomic E-state index is 13.4. The summed E-state index contributed by atoms with van der Waals surface area (Å²) in [6, 6.07) is 9.71. The summed E-state index contributed by atoms with van der Waals surface area (Å²) in [5, 5.41) is 0. The van der Waals surface area contributed by atoms with E-state index in [9.17, 15) is 31.2 Å². The van der Waals surface area contributed by atoms with Gasteiger partial charge >= 0.3 is 12.1 Å². The van der Waals surface area contributed by atoms with E-state index in [-0.39, 0.29) is 42.2 Å². The van der Waals surface area contributed by atoms with Gasteiger partial charge in [-0.05, 0) is 57.0 Å². The second-order valence-corrected chi connectivity index (χ2v) is 10.1. The molecule has 0 bridgehead atoms. The van der Waals surface area contributed by atoms with Crippen molar-refractivity contribution in [1.29, 1.82) is 0 Å². The predicted octanol–water partition coefficient (Wildman–Crippen LogP) is 4.01. The quantitative estimate of drug-likeness (QED) is 0.524. The summed E-state index contributed by atoms with van der Waals surface area (Å²) in [7, 11) is -4.35. The number of amides is 1. The molecule has 0 radical (unpaired) electrons. The third-order valence-corrected chi connectivity index (χ3v) is 7.60. The first kappa shape index (κ1) is 26.5. The van der Waals surface area contributed by atoms with E-state index >= 15 is 0 Å². The van der Waals surface area contributed by atoms with Crippen molar-refractivity contribution >= 4 is 27.6 Å². The highest BCUT2D eigenvalue weighted by atomic mass is 32.2. The fourth-order valence-corrected chi connectivity index (χ4v) is 5.24. The number of halogens is 3. The number of carbonyl (C=O) groups excluding carboxylic acids is 2. The number of nitrogens with zero attached hydrogens (tertiary/aromatic N) is 2. The molecular weight excluding hydrogens is 485 g/mol. The number of aryl methyl sites for hydroxylation is 1. The molecule has 1 aliphatic rings. The van der Waals surface area contributed by atoms with Crippen LogP contribution in [0, 0.1) is 12.8 Å². The van der Waals surface area contributed by atoms with Gasteiger partial charge in [-0.15, -0.1) is 0 Å². The van der Waals surface area contributed by atoms with Gasteiger partial charge in [0.1, 0.15) is 6.54 Å². The molecule has 3 rings (SSSR count). The topological polar surface area (TPSA) is 84.0 Å². The Morgan fingerprint density at radius 1 is 1.09 bits per heavy atom. The molecule has 1 amide bonds. The van der Waals surface area contributed by atoms with Crippen LogP contribution >= 0.6 is 0 Å². The van der Waals surface area contributed by atoms with Gasteiger partial charge in [0.25, 0.3) is 10.0 Å². The van der Waals surface area contributed by atoms with Gasteiger partial charge in [0, 0.05) is 13.1 Å². The zero-order valence-corrected chi connectivity index (χ0v) is 20.2. The lowest BCUT2D eigenvalue weighted by atomic mass is 9.97. The van der Waals surface area contributed by atoms with Crippen LogP contribution in [0.25, 0.3) is 0 Å². The van der Waals surface area contributed by atoms with Crippen molar-refractivity contribution in [2.24, 2.45) is 5.92 Å². The fourth-order valence-electron chi connectivity index (χ4n) is 3.84. The van der Waals surface area contributed by atoms with E-state index in [4.69, 9.17) is 4.74 Å². The van der Waals surface area contributed by atoms with Crippen molar-refractivity contribution < 1.29 is 35.9 Å². The molecule has 0 N–H and O–H groups in total. The van der Waals surface area contributed by atoms with E-state index in [2.05, 4.69) is 0 Å². The smallest absolute Gasteiger partial charge is 0.416 e. The number of ether oxygens (including phenoxy) is 1. The van der Waals surface area contributed by atoms with Crippen molar-refractivity contribution in [3.05, 3.63) is 59.7 Å². The van der Waals surface area contributed by atoms with Crippen molar-refractivity contribution in [3.63, 3.8) is 0 Å². The van der Waals surface area contributed by atoms with Crippen LogP contribution in [0.3, 0.4) is 0 Å². The molecule has 11 heteroatoms. The number of sulfonamides is 1. The molecule has 1 fully saturated rings. The Balaban J connectivity index is 1.89. The third-order valence-electron chi connectivity index (χ3n) is 5.82. The number of hydrogen-bond acceptors (Lipinski definition) is 5. The molecule has 190 valence electrons. The molecule has 0 aliphatic carbocycles. The van der Waals surface area contributed by atoms with Crippen molar-refractivity contribution in [2.75, 3.05) is 30.5 Å². The summed E-state index contributed by atoms with van der Waals surface area (Å²) in [5.41, 5.74) is -0.493. The van der Waals surface area contributed by atoms with E-state index in [0.717, 1.165) is 17.7 Å². The maximum Gasteiger partial charge on any atom is 0.416 e. The summed E-state index contributed by atoms with van der Waals surface area (Å²) < 4.78 is 72.6. The average molecular weight is 513 g/mol. The van der Waals surface area contributed by atoms with Crippen molar-refractivity contribution in [1.82, 2.24) is 4.90 Å². The molecule has 1 aliphatic heterocycles. The van der Waals surface area contributed by atoms with Crippen LogP contribution < -0.4 is 4.31 Å². The number of carbonyl (C=O) groups is 2. The van der Waals surface area contributed by atoms with Gasteiger partial charge in [-0.2, -0.15) is 13.2 Å². The second kappa shape index (κ2) is 10.7. The number of rotatable bonds is 7. The minimum absolute atomic E-state index is 0.144. The van der Waals surface area contributed by atoms with E-state index in [1.165, 1.54) is 23.1 Å². The normalized spacial score (nSPS) is 15.1. The number of hydrogen-bond donors (Lipinski definition) is 0. The predicted molar refractivity (Wildman–Crippen MR) is 123 cm³/mol.